The highest BCUT2D eigenvalue weighted by atomic mass is 16.6. The van der Waals surface area contributed by atoms with Crippen LogP contribution in [0.3, 0.4) is 0 Å². The molecule has 0 spiro atoms. The highest BCUT2D eigenvalue weighted by molar-refractivity contribution is 4.98. The average molecular weight is 166 g/mol. The quantitative estimate of drug-likeness (QED) is 0.635. The molecule has 0 saturated carbocycles. The van der Waals surface area contributed by atoms with E-state index in [2.05, 4.69) is 23.4 Å². The summed E-state index contributed by atoms with van der Waals surface area (Å²) in [5.74, 6) is 1.66. The molecule has 1 fully saturated rings. The lowest BCUT2D eigenvalue weighted by Crippen LogP contribution is -2.08. The summed E-state index contributed by atoms with van der Waals surface area (Å²) >= 11 is 0. The van der Waals surface area contributed by atoms with Crippen LogP contribution < -0.4 is 0 Å². The van der Waals surface area contributed by atoms with E-state index in [1.807, 2.05) is 12.4 Å². The largest absolute Gasteiger partial charge is 0.371 e. The molecule has 0 aromatic carbocycles. The molecule has 2 rings (SSSR count). The Bertz CT molecular complexity index is 263. The first kappa shape index (κ1) is 7.80. The Hall–Kier alpha value is -0.830. The molecule has 12 heavy (non-hydrogen) atoms. The molecule has 0 N–H and O–H groups in total. The maximum atomic E-state index is 5.17. The Morgan fingerprint density at radius 2 is 2.50 bits per heavy atom. The van der Waals surface area contributed by atoms with E-state index in [9.17, 15) is 0 Å². The van der Waals surface area contributed by atoms with Gasteiger partial charge in [-0.1, -0.05) is 13.8 Å². The zero-order chi connectivity index (χ0) is 8.55. The summed E-state index contributed by atoms with van der Waals surface area (Å²) in [6, 6.07) is 0. The number of epoxide rings is 1. The average Bonchev–Trinajstić information content (AvgIpc) is 2.66. The molecule has 0 radical (unpaired) electrons. The molecule has 1 aliphatic rings. The number of rotatable bonds is 3. The van der Waals surface area contributed by atoms with Crippen molar-refractivity contribution in [3.8, 4) is 0 Å². The third kappa shape index (κ3) is 1.50. The van der Waals surface area contributed by atoms with Gasteiger partial charge < -0.3 is 9.30 Å². The minimum absolute atomic E-state index is 0.441. The second-order valence-corrected chi connectivity index (χ2v) is 3.55. The first-order chi connectivity index (χ1) is 5.77. The molecular formula is C9H14N2O. The number of imidazole rings is 1. The molecule has 3 nitrogen and oxygen atoms in total. The topological polar surface area (TPSA) is 30.4 Å². The normalized spacial score (nSPS) is 21.8. The lowest BCUT2D eigenvalue weighted by atomic mass is 10.2. The third-order valence-corrected chi connectivity index (χ3v) is 2.07. The predicted molar refractivity (Wildman–Crippen MR) is 46.1 cm³/mol. The van der Waals surface area contributed by atoms with E-state index in [1.165, 1.54) is 0 Å². The summed E-state index contributed by atoms with van der Waals surface area (Å²) in [6.45, 7) is 6.20. The van der Waals surface area contributed by atoms with E-state index in [0.29, 0.717) is 12.0 Å². The van der Waals surface area contributed by atoms with Crippen molar-refractivity contribution in [1.82, 2.24) is 9.55 Å². The highest BCUT2D eigenvalue weighted by Crippen LogP contribution is 2.16. The number of ether oxygens (including phenoxy) is 1. The van der Waals surface area contributed by atoms with Gasteiger partial charge in [0.2, 0.25) is 0 Å². The van der Waals surface area contributed by atoms with Gasteiger partial charge >= 0.3 is 0 Å². The summed E-state index contributed by atoms with van der Waals surface area (Å²) in [5.41, 5.74) is 0. The lowest BCUT2D eigenvalue weighted by molar-refractivity contribution is 0.378. The van der Waals surface area contributed by atoms with Crippen LogP contribution in [0.4, 0.5) is 0 Å². The fourth-order valence-electron chi connectivity index (χ4n) is 1.37. The van der Waals surface area contributed by atoms with Crippen molar-refractivity contribution in [1.29, 1.82) is 0 Å². The monoisotopic (exact) mass is 166 g/mol. The number of hydrogen-bond donors (Lipinski definition) is 0. The van der Waals surface area contributed by atoms with E-state index in [0.717, 1.165) is 19.0 Å². The van der Waals surface area contributed by atoms with E-state index in [4.69, 9.17) is 4.74 Å². The van der Waals surface area contributed by atoms with Gasteiger partial charge in [0.15, 0.2) is 0 Å². The van der Waals surface area contributed by atoms with Crippen LogP contribution >= 0.6 is 0 Å². The van der Waals surface area contributed by atoms with Gasteiger partial charge in [0.25, 0.3) is 0 Å². The van der Waals surface area contributed by atoms with Crippen molar-refractivity contribution in [2.75, 3.05) is 6.61 Å². The van der Waals surface area contributed by atoms with Crippen molar-refractivity contribution in [3.05, 3.63) is 18.2 Å². The molecule has 0 amide bonds. The molecule has 66 valence electrons. The van der Waals surface area contributed by atoms with Gasteiger partial charge in [-0.25, -0.2) is 4.98 Å². The van der Waals surface area contributed by atoms with Crippen LogP contribution in [0.15, 0.2) is 12.4 Å². The second-order valence-electron chi connectivity index (χ2n) is 3.55. The standard InChI is InChI=1S/C9H14N2O/c1-7(2)9-10-3-4-11(9)5-8-6-12-8/h3-4,7-8H,5-6H2,1-2H3/t8-/m1/s1. The number of hydrogen-bond acceptors (Lipinski definition) is 2. The lowest BCUT2D eigenvalue weighted by Gasteiger charge is -2.07. The fourth-order valence-corrected chi connectivity index (χ4v) is 1.37. The second kappa shape index (κ2) is 2.90. The molecule has 0 unspecified atom stereocenters. The van der Waals surface area contributed by atoms with Gasteiger partial charge in [-0.3, -0.25) is 0 Å². The molecule has 1 atom stereocenters. The van der Waals surface area contributed by atoms with Gasteiger partial charge in [0.05, 0.1) is 19.3 Å². The molecule has 1 aromatic rings. The van der Waals surface area contributed by atoms with Crippen molar-refractivity contribution < 1.29 is 4.74 Å². The van der Waals surface area contributed by atoms with Crippen molar-refractivity contribution in [2.24, 2.45) is 0 Å². The summed E-state index contributed by atoms with van der Waals surface area (Å²) in [6.07, 6.45) is 4.33. The molecule has 1 aromatic heterocycles. The molecule has 0 aliphatic carbocycles. The Kier molecular flexibility index (Phi) is 1.89. The molecule has 3 heteroatoms. The first-order valence-electron chi connectivity index (χ1n) is 4.40. The minimum Gasteiger partial charge on any atom is -0.371 e. The minimum atomic E-state index is 0.441. The summed E-state index contributed by atoms with van der Waals surface area (Å²) in [7, 11) is 0. The fraction of sp³-hybridized carbons (Fsp3) is 0.667. The maximum Gasteiger partial charge on any atom is 0.111 e. The number of aromatic nitrogens is 2. The predicted octanol–water partition coefficient (Wildman–Crippen LogP) is 1.41. The van der Waals surface area contributed by atoms with Gasteiger partial charge in [-0.15, -0.1) is 0 Å². The van der Waals surface area contributed by atoms with Gasteiger partial charge in [0, 0.05) is 18.3 Å². The van der Waals surface area contributed by atoms with E-state index in [1.54, 1.807) is 0 Å². The van der Waals surface area contributed by atoms with Crippen molar-refractivity contribution in [3.63, 3.8) is 0 Å². The Morgan fingerprint density at radius 3 is 3.08 bits per heavy atom. The van der Waals surface area contributed by atoms with Crippen LogP contribution in [0.5, 0.6) is 0 Å². The van der Waals surface area contributed by atoms with E-state index < -0.39 is 0 Å². The summed E-state index contributed by atoms with van der Waals surface area (Å²) < 4.78 is 7.35. The zero-order valence-corrected chi connectivity index (χ0v) is 7.53. The SMILES string of the molecule is CC(C)c1nccn1C[C@@H]1CO1. The molecule has 2 heterocycles. The van der Waals surface area contributed by atoms with Crippen LogP contribution in [-0.4, -0.2) is 22.3 Å². The maximum absolute atomic E-state index is 5.17. The van der Waals surface area contributed by atoms with Gasteiger partial charge in [0.1, 0.15) is 5.82 Å². The number of nitrogens with zero attached hydrogens (tertiary/aromatic N) is 2. The molecule has 0 bridgehead atoms. The van der Waals surface area contributed by atoms with E-state index >= 15 is 0 Å². The smallest absolute Gasteiger partial charge is 0.111 e. The van der Waals surface area contributed by atoms with E-state index in [-0.39, 0.29) is 0 Å². The zero-order valence-electron chi connectivity index (χ0n) is 7.53. The summed E-state index contributed by atoms with van der Waals surface area (Å²) in [5, 5.41) is 0. The van der Waals surface area contributed by atoms with Crippen LogP contribution in [-0.2, 0) is 11.3 Å². The van der Waals surface area contributed by atoms with Gasteiger partial charge in [-0.2, -0.15) is 0 Å². The summed E-state index contributed by atoms with van der Waals surface area (Å²) in [4.78, 5) is 4.30. The van der Waals surface area contributed by atoms with Crippen LogP contribution in [0, 0.1) is 0 Å². The van der Waals surface area contributed by atoms with Crippen molar-refractivity contribution in [2.45, 2.75) is 32.4 Å². The van der Waals surface area contributed by atoms with Crippen LogP contribution in [0.25, 0.3) is 0 Å². The third-order valence-electron chi connectivity index (χ3n) is 2.07. The Balaban J connectivity index is 2.11. The first-order valence-corrected chi connectivity index (χ1v) is 4.40. The molecular weight excluding hydrogens is 152 g/mol. The van der Waals surface area contributed by atoms with Crippen molar-refractivity contribution >= 4 is 0 Å². The van der Waals surface area contributed by atoms with Gasteiger partial charge in [-0.05, 0) is 0 Å². The highest BCUT2D eigenvalue weighted by Gasteiger charge is 2.23. The molecule has 1 aliphatic heterocycles. The Labute approximate surface area is 72.4 Å². The Morgan fingerprint density at radius 1 is 1.75 bits per heavy atom. The van der Waals surface area contributed by atoms with Crippen LogP contribution in [0.2, 0.25) is 0 Å². The molecule has 1 saturated heterocycles. The van der Waals surface area contributed by atoms with Crippen LogP contribution in [0.1, 0.15) is 25.6 Å².